The molecule has 0 unspecified atom stereocenters. The number of carbonyl (C=O) groups is 3. The molecular weight excluding hydrogens is 286 g/mol. The SMILES string of the molecule is CC(=O)OC[C@H]1OC/C(=N\O)[C@@H](OC(C)=O)[C@@H]1OC(C)=O. The maximum absolute atomic E-state index is 11.2. The average molecular weight is 303 g/mol. The van der Waals surface area contributed by atoms with Gasteiger partial charge in [-0.15, -0.1) is 0 Å². The first-order valence-corrected chi connectivity index (χ1v) is 6.15. The van der Waals surface area contributed by atoms with Crippen LogP contribution in [0.4, 0.5) is 0 Å². The van der Waals surface area contributed by atoms with Crippen LogP contribution in [0.1, 0.15) is 20.8 Å². The number of hydrogen-bond donors (Lipinski definition) is 1. The molecule has 0 aliphatic carbocycles. The molecule has 0 aromatic heterocycles. The molecule has 1 fully saturated rings. The van der Waals surface area contributed by atoms with Crippen LogP contribution in [-0.4, -0.2) is 60.4 Å². The lowest BCUT2D eigenvalue weighted by atomic mass is 10.0. The van der Waals surface area contributed by atoms with Crippen molar-refractivity contribution in [1.29, 1.82) is 0 Å². The van der Waals surface area contributed by atoms with Gasteiger partial charge in [-0.3, -0.25) is 14.4 Å². The molecule has 118 valence electrons. The fourth-order valence-corrected chi connectivity index (χ4v) is 1.83. The first-order valence-electron chi connectivity index (χ1n) is 6.15. The van der Waals surface area contributed by atoms with Crippen LogP contribution in [0.5, 0.6) is 0 Å². The Balaban J connectivity index is 2.95. The quantitative estimate of drug-likeness (QED) is 0.323. The summed E-state index contributed by atoms with van der Waals surface area (Å²) >= 11 is 0. The highest BCUT2D eigenvalue weighted by atomic mass is 16.6. The Hall–Kier alpha value is -2.16. The van der Waals surface area contributed by atoms with Gasteiger partial charge in [-0.1, -0.05) is 5.16 Å². The van der Waals surface area contributed by atoms with Crippen LogP contribution >= 0.6 is 0 Å². The molecule has 9 nitrogen and oxygen atoms in total. The summed E-state index contributed by atoms with van der Waals surface area (Å²) in [6.45, 7) is 3.20. The van der Waals surface area contributed by atoms with E-state index in [2.05, 4.69) is 5.16 Å². The summed E-state index contributed by atoms with van der Waals surface area (Å²) in [6, 6.07) is 0. The molecule has 0 aromatic carbocycles. The van der Waals surface area contributed by atoms with E-state index >= 15 is 0 Å². The summed E-state index contributed by atoms with van der Waals surface area (Å²) in [5.74, 6) is -1.83. The summed E-state index contributed by atoms with van der Waals surface area (Å²) in [4.78, 5) is 33.2. The van der Waals surface area contributed by atoms with Crippen molar-refractivity contribution in [3.05, 3.63) is 0 Å². The van der Waals surface area contributed by atoms with E-state index in [4.69, 9.17) is 24.2 Å². The summed E-state index contributed by atoms with van der Waals surface area (Å²) in [5, 5.41) is 11.9. The topological polar surface area (TPSA) is 121 Å². The van der Waals surface area contributed by atoms with Gasteiger partial charge in [-0.05, 0) is 0 Å². The van der Waals surface area contributed by atoms with Gasteiger partial charge in [0.15, 0.2) is 12.2 Å². The minimum Gasteiger partial charge on any atom is -0.463 e. The number of hydrogen-bond acceptors (Lipinski definition) is 9. The number of oxime groups is 1. The van der Waals surface area contributed by atoms with Crippen molar-refractivity contribution < 1.29 is 38.5 Å². The number of ether oxygens (including phenoxy) is 4. The maximum atomic E-state index is 11.2. The molecule has 3 atom stereocenters. The monoisotopic (exact) mass is 303 g/mol. The fourth-order valence-electron chi connectivity index (χ4n) is 1.83. The lowest BCUT2D eigenvalue weighted by molar-refractivity contribution is -0.182. The van der Waals surface area contributed by atoms with E-state index in [1.165, 1.54) is 6.92 Å². The van der Waals surface area contributed by atoms with Crippen LogP contribution < -0.4 is 0 Å². The molecule has 9 heteroatoms. The van der Waals surface area contributed by atoms with Gasteiger partial charge in [0.2, 0.25) is 0 Å². The Labute approximate surface area is 120 Å². The number of carbonyl (C=O) groups excluding carboxylic acids is 3. The number of rotatable bonds is 4. The van der Waals surface area contributed by atoms with Gasteiger partial charge in [0.1, 0.15) is 18.4 Å². The zero-order chi connectivity index (χ0) is 16.0. The molecule has 1 saturated heterocycles. The largest absolute Gasteiger partial charge is 0.463 e. The van der Waals surface area contributed by atoms with Crippen molar-refractivity contribution in [1.82, 2.24) is 0 Å². The Bertz CT molecular complexity index is 447. The molecule has 0 radical (unpaired) electrons. The van der Waals surface area contributed by atoms with E-state index in [-0.39, 0.29) is 18.9 Å². The first-order chi connectivity index (χ1) is 9.85. The van der Waals surface area contributed by atoms with Gasteiger partial charge in [0.25, 0.3) is 0 Å². The summed E-state index contributed by atoms with van der Waals surface area (Å²) in [6.07, 6.45) is -3.02. The second-order valence-corrected chi connectivity index (χ2v) is 4.35. The van der Waals surface area contributed by atoms with E-state index in [0.717, 1.165) is 13.8 Å². The molecule has 0 bridgehead atoms. The Kier molecular flexibility index (Phi) is 6.10. The molecule has 1 rings (SSSR count). The molecule has 0 saturated carbocycles. The summed E-state index contributed by atoms with van der Waals surface area (Å²) < 4.78 is 20.2. The van der Waals surface area contributed by atoms with Crippen LogP contribution in [0.3, 0.4) is 0 Å². The molecule has 0 amide bonds. The van der Waals surface area contributed by atoms with Gasteiger partial charge < -0.3 is 24.2 Å². The molecule has 1 aliphatic rings. The predicted octanol–water partition coefficient (Wildman–Crippen LogP) is -0.358. The van der Waals surface area contributed by atoms with Crippen LogP contribution in [0.25, 0.3) is 0 Å². The highest BCUT2D eigenvalue weighted by Crippen LogP contribution is 2.21. The zero-order valence-electron chi connectivity index (χ0n) is 11.9. The first kappa shape index (κ1) is 16.9. The zero-order valence-corrected chi connectivity index (χ0v) is 11.9. The van der Waals surface area contributed by atoms with Gasteiger partial charge >= 0.3 is 17.9 Å². The average Bonchev–Trinajstić information content (AvgIpc) is 2.37. The Morgan fingerprint density at radius 1 is 1.19 bits per heavy atom. The minimum absolute atomic E-state index is 0.00414. The van der Waals surface area contributed by atoms with E-state index in [9.17, 15) is 14.4 Å². The van der Waals surface area contributed by atoms with Crippen molar-refractivity contribution in [2.24, 2.45) is 5.16 Å². The maximum Gasteiger partial charge on any atom is 0.303 e. The van der Waals surface area contributed by atoms with E-state index in [1.54, 1.807) is 0 Å². The van der Waals surface area contributed by atoms with Gasteiger partial charge in [0.05, 0.1) is 6.61 Å². The number of esters is 3. The third-order valence-corrected chi connectivity index (χ3v) is 2.61. The van der Waals surface area contributed by atoms with E-state index in [0.29, 0.717) is 0 Å². The standard InChI is InChI=1S/C12H17NO8/c1-6(14)18-5-10-12(21-8(3)16)11(20-7(2)15)9(13-17)4-19-10/h10-12,17H,4-5H2,1-3H3/b13-9+/t10-,11-,12-/m1/s1. The van der Waals surface area contributed by atoms with Crippen molar-refractivity contribution in [3.63, 3.8) is 0 Å². The summed E-state index contributed by atoms with van der Waals surface area (Å²) in [5.41, 5.74) is -0.00414. The second kappa shape index (κ2) is 7.58. The van der Waals surface area contributed by atoms with Gasteiger partial charge in [0, 0.05) is 20.8 Å². The van der Waals surface area contributed by atoms with Crippen molar-refractivity contribution in [3.8, 4) is 0 Å². The second-order valence-electron chi connectivity index (χ2n) is 4.35. The lowest BCUT2D eigenvalue weighted by Crippen LogP contribution is -2.55. The van der Waals surface area contributed by atoms with Crippen molar-refractivity contribution in [2.75, 3.05) is 13.2 Å². The molecule has 1 N–H and O–H groups in total. The summed E-state index contributed by atoms with van der Waals surface area (Å²) in [7, 11) is 0. The van der Waals surface area contributed by atoms with Crippen LogP contribution in [0.15, 0.2) is 5.16 Å². The van der Waals surface area contributed by atoms with Crippen LogP contribution in [0, 0.1) is 0 Å². The third-order valence-electron chi connectivity index (χ3n) is 2.61. The Morgan fingerprint density at radius 2 is 1.81 bits per heavy atom. The highest BCUT2D eigenvalue weighted by molar-refractivity contribution is 5.92. The highest BCUT2D eigenvalue weighted by Gasteiger charge is 2.44. The normalized spacial score (nSPS) is 27.0. The van der Waals surface area contributed by atoms with Gasteiger partial charge in [-0.25, -0.2) is 0 Å². The molecule has 21 heavy (non-hydrogen) atoms. The molecule has 1 aliphatic heterocycles. The smallest absolute Gasteiger partial charge is 0.303 e. The fraction of sp³-hybridized carbons (Fsp3) is 0.667. The van der Waals surface area contributed by atoms with Crippen LogP contribution in [-0.2, 0) is 33.3 Å². The lowest BCUT2D eigenvalue weighted by Gasteiger charge is -2.36. The molecular formula is C12H17NO8. The van der Waals surface area contributed by atoms with Gasteiger partial charge in [-0.2, -0.15) is 0 Å². The van der Waals surface area contributed by atoms with E-state index < -0.39 is 36.2 Å². The molecule has 0 aromatic rings. The predicted molar refractivity (Wildman–Crippen MR) is 66.7 cm³/mol. The van der Waals surface area contributed by atoms with E-state index in [1.807, 2.05) is 0 Å². The van der Waals surface area contributed by atoms with Crippen molar-refractivity contribution in [2.45, 2.75) is 39.1 Å². The minimum atomic E-state index is -1.11. The molecule has 1 heterocycles. The Morgan fingerprint density at radius 3 is 2.29 bits per heavy atom. The number of nitrogens with zero attached hydrogens (tertiary/aromatic N) is 1. The third kappa shape index (κ3) is 5.03. The van der Waals surface area contributed by atoms with Crippen LogP contribution in [0.2, 0.25) is 0 Å². The van der Waals surface area contributed by atoms with Crippen molar-refractivity contribution >= 4 is 23.6 Å². The molecule has 0 spiro atoms.